The number of aromatic nitrogens is 1. The van der Waals surface area contributed by atoms with Gasteiger partial charge < -0.3 is 0 Å². The van der Waals surface area contributed by atoms with Gasteiger partial charge in [0, 0.05) is 18.0 Å². The predicted octanol–water partition coefficient (Wildman–Crippen LogP) is 0.533. The fourth-order valence-corrected chi connectivity index (χ4v) is 3.68. The van der Waals surface area contributed by atoms with E-state index in [-0.39, 0.29) is 35.5 Å². The average Bonchev–Trinajstić information content (AvgIpc) is 3.18. The van der Waals surface area contributed by atoms with Gasteiger partial charge in [-0.25, -0.2) is 0 Å². The Hall–Kier alpha value is -2.50. The molecule has 0 aromatic carbocycles. The highest BCUT2D eigenvalue weighted by atomic mass is 16.2. The van der Waals surface area contributed by atoms with Crippen molar-refractivity contribution in [1.82, 2.24) is 15.4 Å². The van der Waals surface area contributed by atoms with Crippen LogP contribution in [-0.2, 0) is 9.59 Å². The summed E-state index contributed by atoms with van der Waals surface area (Å²) < 4.78 is 0. The lowest BCUT2D eigenvalue weighted by Gasteiger charge is -2.17. The molecule has 0 radical (unpaired) electrons. The molecule has 6 nitrogen and oxygen atoms in total. The highest BCUT2D eigenvalue weighted by Gasteiger charge is 2.59. The molecule has 2 heterocycles. The number of hydrogen-bond acceptors (Lipinski definition) is 4. The standard InChI is InChI=1S/C15H13N3O3/c19-13(8-3-5-16-6-4-8)17-18-14(20)11-9-1-2-10(7-9)12(11)15(18)21/h1-6,9-12H,7H2,(H,17,19)/t9-,10+,11-,12+. The van der Waals surface area contributed by atoms with E-state index in [1.54, 1.807) is 0 Å². The number of pyridine rings is 1. The molecule has 3 aliphatic rings. The van der Waals surface area contributed by atoms with Gasteiger partial charge in [-0.1, -0.05) is 12.2 Å². The van der Waals surface area contributed by atoms with Crippen LogP contribution in [0.3, 0.4) is 0 Å². The predicted molar refractivity (Wildman–Crippen MR) is 71.3 cm³/mol. The number of hydrazine groups is 1. The molecule has 21 heavy (non-hydrogen) atoms. The third-order valence-electron chi connectivity index (χ3n) is 4.63. The van der Waals surface area contributed by atoms with Crippen molar-refractivity contribution in [2.75, 3.05) is 0 Å². The smallest absolute Gasteiger partial charge is 0.270 e. The van der Waals surface area contributed by atoms with Crippen LogP contribution in [0, 0.1) is 23.7 Å². The van der Waals surface area contributed by atoms with Crippen LogP contribution in [0.25, 0.3) is 0 Å². The lowest BCUT2D eigenvalue weighted by atomic mass is 9.85. The van der Waals surface area contributed by atoms with Crippen molar-refractivity contribution in [3.05, 3.63) is 42.2 Å². The van der Waals surface area contributed by atoms with Crippen LogP contribution in [0.2, 0.25) is 0 Å². The zero-order chi connectivity index (χ0) is 14.6. The highest BCUT2D eigenvalue weighted by molar-refractivity contribution is 6.08. The van der Waals surface area contributed by atoms with Crippen molar-refractivity contribution in [3.8, 4) is 0 Å². The van der Waals surface area contributed by atoms with Crippen molar-refractivity contribution in [3.63, 3.8) is 0 Å². The van der Waals surface area contributed by atoms with E-state index in [1.165, 1.54) is 24.5 Å². The maximum Gasteiger partial charge on any atom is 0.270 e. The molecule has 6 heteroatoms. The number of hydrogen-bond donors (Lipinski definition) is 1. The summed E-state index contributed by atoms with van der Waals surface area (Å²) in [6, 6.07) is 3.07. The van der Waals surface area contributed by atoms with E-state index < -0.39 is 5.91 Å². The first-order valence-electron chi connectivity index (χ1n) is 6.94. The normalized spacial score (nSPS) is 32.7. The van der Waals surface area contributed by atoms with E-state index in [0.29, 0.717) is 5.56 Å². The molecular formula is C15H13N3O3. The lowest BCUT2D eigenvalue weighted by Crippen LogP contribution is -2.47. The third-order valence-corrected chi connectivity index (χ3v) is 4.63. The monoisotopic (exact) mass is 283 g/mol. The van der Waals surface area contributed by atoms with Crippen LogP contribution in [0.5, 0.6) is 0 Å². The summed E-state index contributed by atoms with van der Waals surface area (Å²) in [5, 5.41) is 0.907. The minimum absolute atomic E-state index is 0.138. The summed E-state index contributed by atoms with van der Waals surface area (Å²) in [5.41, 5.74) is 2.80. The Kier molecular flexibility index (Phi) is 2.48. The number of nitrogens with zero attached hydrogens (tertiary/aromatic N) is 2. The molecule has 1 saturated carbocycles. The van der Waals surface area contributed by atoms with E-state index >= 15 is 0 Å². The molecule has 4 atom stereocenters. The molecule has 1 aromatic heterocycles. The molecule has 0 unspecified atom stereocenters. The molecular weight excluding hydrogens is 270 g/mol. The molecule has 1 aliphatic heterocycles. The topological polar surface area (TPSA) is 79.4 Å². The maximum atomic E-state index is 12.4. The maximum absolute atomic E-state index is 12.4. The van der Waals surface area contributed by atoms with Crippen LogP contribution in [0.1, 0.15) is 16.8 Å². The Labute approximate surface area is 120 Å². The highest BCUT2D eigenvalue weighted by Crippen LogP contribution is 2.52. The van der Waals surface area contributed by atoms with E-state index in [1.807, 2.05) is 12.2 Å². The lowest BCUT2D eigenvalue weighted by molar-refractivity contribution is -0.143. The second-order valence-electron chi connectivity index (χ2n) is 5.69. The van der Waals surface area contributed by atoms with Gasteiger partial charge in [-0.05, 0) is 30.4 Å². The van der Waals surface area contributed by atoms with E-state index in [9.17, 15) is 14.4 Å². The van der Waals surface area contributed by atoms with Crippen LogP contribution in [-0.4, -0.2) is 27.7 Å². The molecule has 106 valence electrons. The molecule has 1 N–H and O–H groups in total. The summed E-state index contributed by atoms with van der Waals surface area (Å²) in [6.45, 7) is 0. The molecule has 1 aromatic rings. The zero-order valence-electron chi connectivity index (χ0n) is 11.1. The van der Waals surface area contributed by atoms with Gasteiger partial charge in [0.2, 0.25) is 0 Å². The second kappa shape index (κ2) is 4.25. The Morgan fingerprint density at radius 1 is 1.10 bits per heavy atom. The van der Waals surface area contributed by atoms with Gasteiger partial charge in [-0.2, -0.15) is 5.01 Å². The SMILES string of the molecule is O=C(NN1C(=O)[C@@H]2[C@H](C1=O)[C@@H]1C=C[C@H]2C1)c1ccncc1. The van der Waals surface area contributed by atoms with Crippen molar-refractivity contribution < 1.29 is 14.4 Å². The first-order chi connectivity index (χ1) is 10.2. The first kappa shape index (κ1) is 12.3. The van der Waals surface area contributed by atoms with Gasteiger partial charge in [0.05, 0.1) is 11.8 Å². The van der Waals surface area contributed by atoms with Crippen LogP contribution in [0.15, 0.2) is 36.7 Å². The number of carbonyl (C=O) groups excluding carboxylic acids is 3. The van der Waals surface area contributed by atoms with Crippen molar-refractivity contribution in [2.45, 2.75) is 6.42 Å². The van der Waals surface area contributed by atoms with Gasteiger partial charge in [-0.3, -0.25) is 24.8 Å². The van der Waals surface area contributed by atoms with E-state index in [0.717, 1.165) is 11.4 Å². The summed E-state index contributed by atoms with van der Waals surface area (Å²) in [5.74, 6) is -1.37. The molecule has 2 fully saturated rings. The number of carbonyl (C=O) groups is 3. The molecule has 1 saturated heterocycles. The number of imide groups is 1. The van der Waals surface area contributed by atoms with Gasteiger partial charge in [0.25, 0.3) is 17.7 Å². The first-order valence-corrected chi connectivity index (χ1v) is 6.94. The number of fused-ring (bicyclic) bond motifs is 5. The Morgan fingerprint density at radius 2 is 1.67 bits per heavy atom. The minimum Gasteiger partial charge on any atom is -0.272 e. The third kappa shape index (κ3) is 1.65. The van der Waals surface area contributed by atoms with E-state index in [4.69, 9.17) is 0 Å². The number of nitrogens with one attached hydrogen (secondary N) is 1. The summed E-state index contributed by atoms with van der Waals surface area (Å²) in [6.07, 6.45) is 7.89. The van der Waals surface area contributed by atoms with E-state index in [2.05, 4.69) is 10.4 Å². The molecule has 4 rings (SSSR count). The largest absolute Gasteiger partial charge is 0.272 e. The summed E-state index contributed by atoms with van der Waals surface area (Å²) in [7, 11) is 0. The van der Waals surface area contributed by atoms with Crippen LogP contribution in [0.4, 0.5) is 0 Å². The minimum atomic E-state index is -0.473. The fourth-order valence-electron chi connectivity index (χ4n) is 3.68. The fraction of sp³-hybridized carbons (Fsp3) is 0.333. The Balaban J connectivity index is 1.56. The van der Waals surface area contributed by atoms with Crippen molar-refractivity contribution in [1.29, 1.82) is 0 Å². The van der Waals surface area contributed by atoms with Gasteiger partial charge in [0.1, 0.15) is 0 Å². The number of amides is 3. The van der Waals surface area contributed by atoms with Gasteiger partial charge in [-0.15, -0.1) is 0 Å². The molecule has 3 amide bonds. The Bertz CT molecular complexity index is 640. The average molecular weight is 283 g/mol. The van der Waals surface area contributed by atoms with Crippen molar-refractivity contribution in [2.24, 2.45) is 23.7 Å². The quantitative estimate of drug-likeness (QED) is 0.634. The molecule has 2 bridgehead atoms. The number of rotatable bonds is 2. The summed E-state index contributed by atoms with van der Waals surface area (Å²) >= 11 is 0. The van der Waals surface area contributed by atoms with Gasteiger partial charge >= 0.3 is 0 Å². The Morgan fingerprint density at radius 3 is 2.24 bits per heavy atom. The van der Waals surface area contributed by atoms with Crippen molar-refractivity contribution >= 4 is 17.7 Å². The molecule has 2 aliphatic carbocycles. The second-order valence-corrected chi connectivity index (χ2v) is 5.69. The molecule has 0 spiro atoms. The van der Waals surface area contributed by atoms with Crippen LogP contribution >= 0.6 is 0 Å². The zero-order valence-corrected chi connectivity index (χ0v) is 11.1. The van der Waals surface area contributed by atoms with Crippen LogP contribution < -0.4 is 5.43 Å². The van der Waals surface area contributed by atoms with Gasteiger partial charge in [0.15, 0.2) is 0 Å². The number of allylic oxidation sites excluding steroid dienone is 2. The summed E-state index contributed by atoms with van der Waals surface area (Å²) in [4.78, 5) is 40.7.